The zero-order valence-electron chi connectivity index (χ0n) is 13.7. The molecule has 0 amide bonds. The van der Waals surface area contributed by atoms with Crippen molar-refractivity contribution in [2.75, 3.05) is 6.61 Å². The van der Waals surface area contributed by atoms with Gasteiger partial charge in [0.2, 0.25) is 0 Å². The van der Waals surface area contributed by atoms with E-state index in [1.165, 1.54) is 0 Å². The minimum absolute atomic E-state index is 0.0473. The fraction of sp³-hybridized carbons (Fsp3) is 0.800. The molecule has 0 aliphatic rings. The summed E-state index contributed by atoms with van der Waals surface area (Å²) < 4.78 is 10.6. The van der Waals surface area contributed by atoms with Gasteiger partial charge in [0.15, 0.2) is 5.60 Å². The summed E-state index contributed by atoms with van der Waals surface area (Å²) in [5.74, 6) is -3.60. The number of esters is 1. The molecule has 0 saturated carbocycles. The monoisotopic (exact) mass is 318 g/mol. The van der Waals surface area contributed by atoms with Gasteiger partial charge in [-0.05, 0) is 26.2 Å². The maximum Gasteiger partial charge on any atom is 0.337 e. The quantitative estimate of drug-likeness (QED) is 0.562. The van der Waals surface area contributed by atoms with Crippen LogP contribution in [0.2, 0.25) is 0 Å². The predicted molar refractivity (Wildman–Crippen MR) is 78.6 cm³/mol. The molecular formula is C15H26O7. The third-order valence-electron chi connectivity index (χ3n) is 3.69. The van der Waals surface area contributed by atoms with E-state index in [0.717, 1.165) is 0 Å². The number of carbonyl (C=O) groups excluding carboxylic acids is 1. The van der Waals surface area contributed by atoms with Crippen molar-refractivity contribution in [1.29, 1.82) is 0 Å². The molecule has 1 atom stereocenters. The fourth-order valence-electron chi connectivity index (χ4n) is 1.86. The van der Waals surface area contributed by atoms with Gasteiger partial charge in [-0.25, -0.2) is 4.79 Å². The molecule has 2 N–H and O–H groups in total. The van der Waals surface area contributed by atoms with Gasteiger partial charge in [-0.15, -0.1) is 0 Å². The van der Waals surface area contributed by atoms with Gasteiger partial charge in [-0.2, -0.15) is 0 Å². The molecule has 0 fully saturated rings. The summed E-state index contributed by atoms with van der Waals surface area (Å²) in [5.41, 5.74) is -2.80. The van der Waals surface area contributed by atoms with E-state index in [0.29, 0.717) is 19.3 Å². The molecule has 0 rings (SSSR count). The van der Waals surface area contributed by atoms with E-state index in [1.54, 1.807) is 13.8 Å². The summed E-state index contributed by atoms with van der Waals surface area (Å²) in [5, 5.41) is 18.3. The highest BCUT2D eigenvalue weighted by atomic mass is 16.6. The Morgan fingerprint density at radius 3 is 1.91 bits per heavy atom. The number of hydrogen-bond acceptors (Lipinski definition) is 5. The molecule has 7 heteroatoms. The SMILES string of the molecule is CCCOC(CC(=O)O)(CC(=O)OC(C)(CC)CC)C(=O)O. The summed E-state index contributed by atoms with van der Waals surface area (Å²) in [6, 6.07) is 0. The second-order valence-corrected chi connectivity index (χ2v) is 5.53. The van der Waals surface area contributed by atoms with Crippen LogP contribution in [0.1, 0.15) is 59.8 Å². The van der Waals surface area contributed by atoms with Crippen LogP contribution >= 0.6 is 0 Å². The van der Waals surface area contributed by atoms with E-state index in [2.05, 4.69) is 0 Å². The Morgan fingerprint density at radius 1 is 1.00 bits per heavy atom. The molecule has 22 heavy (non-hydrogen) atoms. The molecule has 0 aliphatic carbocycles. The van der Waals surface area contributed by atoms with E-state index in [9.17, 15) is 19.5 Å². The van der Waals surface area contributed by atoms with Crippen LogP contribution < -0.4 is 0 Å². The number of carbonyl (C=O) groups is 3. The van der Waals surface area contributed by atoms with E-state index < -0.39 is 42.0 Å². The molecule has 7 nitrogen and oxygen atoms in total. The number of carboxylic acid groups (broad SMARTS) is 2. The Hall–Kier alpha value is -1.63. The van der Waals surface area contributed by atoms with Gasteiger partial charge in [0.05, 0.1) is 12.8 Å². The minimum atomic E-state index is -2.10. The maximum absolute atomic E-state index is 12.1. The molecule has 0 saturated heterocycles. The summed E-state index contributed by atoms with van der Waals surface area (Å²) in [6.45, 7) is 7.26. The molecule has 1 unspecified atom stereocenters. The normalized spacial score (nSPS) is 14.2. The number of aliphatic carboxylic acids is 2. The number of rotatable bonds is 11. The molecular weight excluding hydrogens is 292 g/mol. The summed E-state index contributed by atoms with van der Waals surface area (Å²) in [4.78, 5) is 34.6. The molecule has 0 aromatic rings. The van der Waals surface area contributed by atoms with Crippen LogP contribution in [-0.4, -0.2) is 45.9 Å². The Balaban J connectivity index is 5.21. The van der Waals surface area contributed by atoms with Crippen molar-refractivity contribution < 1.29 is 34.1 Å². The molecule has 0 aliphatic heterocycles. The van der Waals surface area contributed by atoms with Crippen molar-refractivity contribution >= 4 is 17.9 Å². The Bertz CT molecular complexity index is 401. The average molecular weight is 318 g/mol. The van der Waals surface area contributed by atoms with Gasteiger partial charge in [-0.1, -0.05) is 20.8 Å². The van der Waals surface area contributed by atoms with Crippen molar-refractivity contribution in [2.24, 2.45) is 0 Å². The zero-order chi connectivity index (χ0) is 17.4. The topological polar surface area (TPSA) is 110 Å². The molecule has 0 aromatic carbocycles. The van der Waals surface area contributed by atoms with Gasteiger partial charge in [0.1, 0.15) is 5.60 Å². The van der Waals surface area contributed by atoms with Crippen LogP contribution in [0.3, 0.4) is 0 Å². The number of hydrogen-bond donors (Lipinski definition) is 2. The molecule has 128 valence electrons. The second kappa shape index (κ2) is 8.73. The van der Waals surface area contributed by atoms with Crippen LogP contribution in [-0.2, 0) is 23.9 Å². The zero-order valence-corrected chi connectivity index (χ0v) is 13.7. The lowest BCUT2D eigenvalue weighted by molar-refractivity contribution is -0.184. The molecule has 0 heterocycles. The highest BCUT2D eigenvalue weighted by Crippen LogP contribution is 2.26. The van der Waals surface area contributed by atoms with Crippen molar-refractivity contribution in [1.82, 2.24) is 0 Å². The average Bonchev–Trinajstić information content (AvgIpc) is 2.43. The van der Waals surface area contributed by atoms with E-state index in [1.807, 2.05) is 13.8 Å². The molecule has 0 spiro atoms. The van der Waals surface area contributed by atoms with Crippen LogP contribution in [0.4, 0.5) is 0 Å². The Labute approximate surface area is 130 Å². The molecule has 0 radical (unpaired) electrons. The second-order valence-electron chi connectivity index (χ2n) is 5.53. The van der Waals surface area contributed by atoms with Gasteiger partial charge >= 0.3 is 17.9 Å². The van der Waals surface area contributed by atoms with E-state index >= 15 is 0 Å². The van der Waals surface area contributed by atoms with Gasteiger partial charge in [0.25, 0.3) is 0 Å². The lowest BCUT2D eigenvalue weighted by atomic mass is 9.94. The summed E-state index contributed by atoms with van der Waals surface area (Å²) >= 11 is 0. The van der Waals surface area contributed by atoms with Gasteiger partial charge in [0, 0.05) is 6.61 Å². The lowest BCUT2D eigenvalue weighted by Crippen LogP contribution is -2.47. The molecule has 0 aromatic heterocycles. The first-order valence-corrected chi connectivity index (χ1v) is 7.45. The van der Waals surface area contributed by atoms with Crippen LogP contribution in [0.15, 0.2) is 0 Å². The van der Waals surface area contributed by atoms with Crippen molar-refractivity contribution in [2.45, 2.75) is 71.0 Å². The Morgan fingerprint density at radius 2 is 1.55 bits per heavy atom. The smallest absolute Gasteiger partial charge is 0.337 e. The highest BCUT2D eigenvalue weighted by Gasteiger charge is 2.45. The first kappa shape index (κ1) is 20.4. The largest absolute Gasteiger partial charge is 0.481 e. The number of carboxylic acids is 2. The Kier molecular flexibility index (Phi) is 8.08. The number of ether oxygens (including phenoxy) is 2. The fourth-order valence-corrected chi connectivity index (χ4v) is 1.86. The van der Waals surface area contributed by atoms with E-state index in [4.69, 9.17) is 14.6 Å². The van der Waals surface area contributed by atoms with Crippen LogP contribution in [0, 0.1) is 0 Å². The molecule has 0 bridgehead atoms. The summed E-state index contributed by atoms with van der Waals surface area (Å²) in [7, 11) is 0. The lowest BCUT2D eigenvalue weighted by Gasteiger charge is -2.31. The van der Waals surface area contributed by atoms with E-state index in [-0.39, 0.29) is 6.61 Å². The van der Waals surface area contributed by atoms with Crippen molar-refractivity contribution in [3.8, 4) is 0 Å². The van der Waals surface area contributed by atoms with Crippen molar-refractivity contribution in [3.05, 3.63) is 0 Å². The first-order chi connectivity index (χ1) is 10.1. The van der Waals surface area contributed by atoms with Gasteiger partial charge in [-0.3, -0.25) is 9.59 Å². The third-order valence-corrected chi connectivity index (χ3v) is 3.69. The third kappa shape index (κ3) is 6.01. The minimum Gasteiger partial charge on any atom is -0.481 e. The predicted octanol–water partition coefficient (Wildman–Crippen LogP) is 2.22. The van der Waals surface area contributed by atoms with Gasteiger partial charge < -0.3 is 19.7 Å². The van der Waals surface area contributed by atoms with Crippen LogP contribution in [0.5, 0.6) is 0 Å². The highest BCUT2D eigenvalue weighted by molar-refractivity contribution is 5.89. The maximum atomic E-state index is 12.1. The first-order valence-electron chi connectivity index (χ1n) is 7.45. The summed E-state index contributed by atoms with van der Waals surface area (Å²) in [6.07, 6.45) is 0.218. The van der Waals surface area contributed by atoms with Crippen LogP contribution in [0.25, 0.3) is 0 Å². The van der Waals surface area contributed by atoms with Crippen molar-refractivity contribution in [3.63, 3.8) is 0 Å². The standard InChI is InChI=1S/C15H26O7/c1-5-8-21-15(13(19)20,9-11(16)17)10-12(18)22-14(4,6-2)7-3/h5-10H2,1-4H3,(H,16,17)(H,19,20).